The number of rotatable bonds is 5. The van der Waals surface area contributed by atoms with Gasteiger partial charge in [0, 0.05) is 18.0 Å². The second-order valence-corrected chi connectivity index (χ2v) is 5.41. The van der Waals surface area contributed by atoms with Crippen molar-refractivity contribution < 1.29 is 9.53 Å². The van der Waals surface area contributed by atoms with Crippen molar-refractivity contribution in [1.29, 1.82) is 0 Å². The molecule has 6 heteroatoms. The van der Waals surface area contributed by atoms with Gasteiger partial charge in [-0.1, -0.05) is 30.3 Å². The van der Waals surface area contributed by atoms with Gasteiger partial charge in [0.15, 0.2) is 0 Å². The third-order valence-corrected chi connectivity index (χ3v) is 3.60. The Labute approximate surface area is 151 Å². The summed E-state index contributed by atoms with van der Waals surface area (Å²) in [4.78, 5) is 16.4. The van der Waals surface area contributed by atoms with E-state index >= 15 is 0 Å². The van der Waals surface area contributed by atoms with Crippen LogP contribution in [0.4, 0.5) is 0 Å². The van der Waals surface area contributed by atoms with Gasteiger partial charge < -0.3 is 9.94 Å². The van der Waals surface area contributed by atoms with Crippen LogP contribution < -0.4 is 4.74 Å². The Morgan fingerprint density at radius 3 is 2.38 bits per heavy atom. The first-order valence-electron chi connectivity index (χ1n) is 7.94. The average molecular weight is 346 g/mol. The van der Waals surface area contributed by atoms with E-state index in [0.717, 1.165) is 0 Å². The van der Waals surface area contributed by atoms with Crippen LogP contribution in [0.3, 0.4) is 0 Å². The maximum atomic E-state index is 12.5. The highest BCUT2D eigenvalue weighted by molar-refractivity contribution is 6.01. The maximum Gasteiger partial charge on any atom is 0.267 e. The standard InChI is InChI=1S/C20H16N3O3/c1-15(16-11-13-21-14-12-16)22-23(25)20(24)18-9-5-6-10-19(18)26-17-7-3-2-4-8-17/h2-14H,1H3/q-1. The number of carbonyl (C=O) groups is 1. The molecule has 0 saturated heterocycles. The van der Waals surface area contributed by atoms with Crippen molar-refractivity contribution >= 4 is 11.6 Å². The molecule has 0 radical (unpaired) electrons. The molecule has 0 aliphatic rings. The lowest BCUT2D eigenvalue weighted by Crippen LogP contribution is -2.21. The third kappa shape index (κ3) is 4.12. The van der Waals surface area contributed by atoms with Crippen LogP contribution in [0.25, 0.3) is 0 Å². The van der Waals surface area contributed by atoms with E-state index < -0.39 is 5.91 Å². The summed E-state index contributed by atoms with van der Waals surface area (Å²) in [7, 11) is 0. The second-order valence-electron chi connectivity index (χ2n) is 5.41. The van der Waals surface area contributed by atoms with Crippen LogP contribution in [0, 0.1) is 5.21 Å². The van der Waals surface area contributed by atoms with Gasteiger partial charge in [-0.05, 0) is 43.3 Å². The molecular formula is C20H16N3O3-. The van der Waals surface area contributed by atoms with Gasteiger partial charge >= 0.3 is 0 Å². The molecular weight excluding hydrogens is 330 g/mol. The molecule has 0 N–H and O–H groups in total. The molecule has 3 aromatic rings. The quantitative estimate of drug-likeness (QED) is 0.511. The van der Waals surface area contributed by atoms with E-state index in [1.54, 1.807) is 61.8 Å². The first-order chi connectivity index (χ1) is 12.6. The number of benzene rings is 2. The van der Waals surface area contributed by atoms with Crippen LogP contribution >= 0.6 is 0 Å². The topological polar surface area (TPSA) is 77.8 Å². The zero-order valence-corrected chi connectivity index (χ0v) is 14.1. The Balaban J connectivity index is 1.83. The van der Waals surface area contributed by atoms with Crippen molar-refractivity contribution in [2.24, 2.45) is 5.10 Å². The molecule has 0 aliphatic heterocycles. The summed E-state index contributed by atoms with van der Waals surface area (Å²) in [6.45, 7) is 1.65. The molecule has 0 atom stereocenters. The molecule has 3 rings (SSSR count). The van der Waals surface area contributed by atoms with E-state index in [1.165, 1.54) is 6.07 Å². The van der Waals surface area contributed by atoms with Gasteiger partial charge in [-0.3, -0.25) is 15.0 Å². The largest absolute Gasteiger partial charge is 0.735 e. The maximum absolute atomic E-state index is 12.5. The van der Waals surface area contributed by atoms with Crippen LogP contribution in [0.1, 0.15) is 22.8 Å². The Bertz CT molecular complexity index is 912. The minimum Gasteiger partial charge on any atom is -0.735 e. The smallest absolute Gasteiger partial charge is 0.267 e. The number of hydrogen-bond acceptors (Lipinski definition) is 5. The molecule has 0 fully saturated rings. The fourth-order valence-corrected chi connectivity index (χ4v) is 2.28. The molecule has 2 aromatic carbocycles. The Kier molecular flexibility index (Phi) is 5.36. The summed E-state index contributed by atoms with van der Waals surface area (Å²) in [6, 6.07) is 19.0. The SMILES string of the molecule is CC(=NN([O-])C(=O)c1ccccc1Oc1ccccc1)c1ccncc1. The van der Waals surface area contributed by atoms with Crippen LogP contribution in [0.2, 0.25) is 0 Å². The number of amides is 1. The van der Waals surface area contributed by atoms with E-state index in [2.05, 4.69) is 10.1 Å². The van der Waals surface area contributed by atoms with Crippen molar-refractivity contribution in [2.45, 2.75) is 6.92 Å². The number of hydroxylamine groups is 1. The number of hydrogen-bond donors (Lipinski definition) is 0. The van der Waals surface area contributed by atoms with Gasteiger partial charge in [-0.15, -0.1) is 0 Å². The summed E-state index contributed by atoms with van der Waals surface area (Å²) >= 11 is 0. The molecule has 130 valence electrons. The number of pyridine rings is 1. The fraction of sp³-hybridized carbons (Fsp3) is 0.0500. The lowest BCUT2D eigenvalue weighted by atomic mass is 10.2. The Morgan fingerprint density at radius 2 is 1.65 bits per heavy atom. The molecule has 1 aromatic heterocycles. The molecule has 1 amide bonds. The highest BCUT2D eigenvalue weighted by Crippen LogP contribution is 2.26. The van der Waals surface area contributed by atoms with Crippen molar-refractivity contribution in [3.63, 3.8) is 0 Å². The van der Waals surface area contributed by atoms with Crippen molar-refractivity contribution in [3.05, 3.63) is 95.5 Å². The predicted octanol–water partition coefficient (Wildman–Crippen LogP) is 4.24. The number of nitrogens with zero attached hydrogens (tertiary/aromatic N) is 3. The number of carbonyl (C=O) groups excluding carboxylic acids is 1. The number of ether oxygens (including phenoxy) is 1. The molecule has 0 saturated carbocycles. The van der Waals surface area contributed by atoms with Gasteiger partial charge in [0.1, 0.15) is 11.5 Å². The van der Waals surface area contributed by atoms with E-state index in [-0.39, 0.29) is 10.7 Å². The van der Waals surface area contributed by atoms with Crippen LogP contribution in [0.5, 0.6) is 11.5 Å². The Morgan fingerprint density at radius 1 is 1.00 bits per heavy atom. The second kappa shape index (κ2) is 8.04. The van der Waals surface area contributed by atoms with E-state index in [4.69, 9.17) is 4.74 Å². The molecule has 26 heavy (non-hydrogen) atoms. The van der Waals surface area contributed by atoms with Gasteiger partial charge in [0.05, 0.1) is 11.3 Å². The first kappa shape index (κ1) is 17.3. The molecule has 0 unspecified atom stereocenters. The molecule has 1 heterocycles. The van der Waals surface area contributed by atoms with Crippen molar-refractivity contribution in [2.75, 3.05) is 0 Å². The lowest BCUT2D eigenvalue weighted by molar-refractivity contribution is 0.0823. The minimum absolute atomic E-state index is 0.0724. The molecule has 6 nitrogen and oxygen atoms in total. The predicted molar refractivity (Wildman–Crippen MR) is 98.9 cm³/mol. The van der Waals surface area contributed by atoms with E-state index in [0.29, 0.717) is 22.8 Å². The molecule has 0 aliphatic carbocycles. The number of aromatic nitrogens is 1. The highest BCUT2D eigenvalue weighted by atomic mass is 16.5. The van der Waals surface area contributed by atoms with Gasteiger partial charge in [0.25, 0.3) is 5.91 Å². The summed E-state index contributed by atoms with van der Waals surface area (Å²) in [5, 5.41) is 16.1. The molecule has 0 spiro atoms. The summed E-state index contributed by atoms with van der Waals surface area (Å²) < 4.78 is 5.73. The van der Waals surface area contributed by atoms with E-state index in [9.17, 15) is 10.0 Å². The van der Waals surface area contributed by atoms with Crippen molar-refractivity contribution in [1.82, 2.24) is 10.2 Å². The van der Waals surface area contributed by atoms with Gasteiger partial charge in [-0.2, -0.15) is 5.10 Å². The van der Waals surface area contributed by atoms with Gasteiger partial charge in [0.2, 0.25) is 0 Å². The normalized spacial score (nSPS) is 11.1. The fourth-order valence-electron chi connectivity index (χ4n) is 2.28. The number of hydrazone groups is 1. The highest BCUT2D eigenvalue weighted by Gasteiger charge is 2.14. The van der Waals surface area contributed by atoms with Crippen molar-refractivity contribution in [3.8, 4) is 11.5 Å². The minimum atomic E-state index is -0.801. The average Bonchev–Trinajstić information content (AvgIpc) is 2.69. The zero-order chi connectivity index (χ0) is 18.4. The first-order valence-corrected chi connectivity index (χ1v) is 7.94. The summed E-state index contributed by atoms with van der Waals surface area (Å²) in [5.74, 6) is 0.0629. The van der Waals surface area contributed by atoms with Crippen LogP contribution in [0.15, 0.2) is 84.2 Å². The zero-order valence-electron chi connectivity index (χ0n) is 14.1. The van der Waals surface area contributed by atoms with Crippen LogP contribution in [-0.4, -0.2) is 21.8 Å². The monoisotopic (exact) mass is 346 g/mol. The number of para-hydroxylation sites is 2. The third-order valence-electron chi connectivity index (χ3n) is 3.60. The van der Waals surface area contributed by atoms with Crippen LogP contribution in [-0.2, 0) is 0 Å². The summed E-state index contributed by atoms with van der Waals surface area (Å²) in [6.07, 6.45) is 3.18. The Hall–Kier alpha value is -3.51. The van der Waals surface area contributed by atoms with E-state index in [1.807, 2.05) is 18.2 Å². The lowest BCUT2D eigenvalue weighted by Gasteiger charge is -2.24. The molecule has 0 bridgehead atoms. The summed E-state index contributed by atoms with van der Waals surface area (Å²) in [5.41, 5.74) is 1.26. The van der Waals surface area contributed by atoms with Gasteiger partial charge in [-0.25, -0.2) is 0 Å².